The largest absolute Gasteiger partial charge is 0.496 e. The highest BCUT2D eigenvalue weighted by Gasteiger charge is 2.37. The Labute approximate surface area is 177 Å². The third-order valence-electron chi connectivity index (χ3n) is 4.79. The number of fused-ring (bicyclic) bond motifs is 1. The number of anilines is 2. The minimum Gasteiger partial charge on any atom is -0.496 e. The molecule has 160 valence electrons. The number of benzene rings is 2. The van der Waals surface area contributed by atoms with Crippen molar-refractivity contribution in [3.05, 3.63) is 60.7 Å². The summed E-state index contributed by atoms with van der Waals surface area (Å²) in [5, 5.41) is 0. The zero-order valence-corrected chi connectivity index (χ0v) is 18.2. The van der Waals surface area contributed by atoms with Gasteiger partial charge in [0.15, 0.2) is 0 Å². The summed E-state index contributed by atoms with van der Waals surface area (Å²) in [6.45, 7) is 7.87. The summed E-state index contributed by atoms with van der Waals surface area (Å²) in [5.74, 6) is 0.635. The number of methoxy groups -OCH3 is 1. The monoisotopic (exact) mass is 430 g/mol. The fourth-order valence-corrected chi connectivity index (χ4v) is 4.47. The number of nitrogens with one attached hydrogen (secondary N) is 1. The molecule has 0 fully saturated rings. The van der Waals surface area contributed by atoms with Crippen LogP contribution in [-0.2, 0) is 20.6 Å². The minimum atomic E-state index is -3.70. The van der Waals surface area contributed by atoms with E-state index < -0.39 is 15.4 Å². The van der Waals surface area contributed by atoms with Crippen molar-refractivity contribution in [2.24, 2.45) is 5.41 Å². The molecule has 2 aromatic carbocycles. The molecule has 0 radical (unpaired) electrons. The second kappa shape index (κ2) is 8.39. The zero-order valence-electron chi connectivity index (χ0n) is 17.3. The molecule has 0 atom stereocenters. The molecule has 1 aliphatic heterocycles. The van der Waals surface area contributed by atoms with Gasteiger partial charge >= 0.3 is 0 Å². The fourth-order valence-electron chi connectivity index (χ4n) is 3.26. The summed E-state index contributed by atoms with van der Waals surface area (Å²) in [6, 6.07) is 11.9. The third kappa shape index (κ3) is 4.59. The molecule has 7 nitrogen and oxygen atoms in total. The van der Waals surface area contributed by atoms with E-state index in [9.17, 15) is 13.2 Å². The SMILES string of the molecule is C=CCN1C(=O)C(C)(C)COc2cc(NS(=O)(=O)Cc3ccccc3OC)ccc21. The summed E-state index contributed by atoms with van der Waals surface area (Å²) in [4.78, 5) is 14.5. The highest BCUT2D eigenvalue weighted by Crippen LogP contribution is 2.38. The molecular formula is C22H26N2O5S. The molecule has 1 N–H and O–H groups in total. The Morgan fingerprint density at radius 2 is 2.00 bits per heavy atom. The topological polar surface area (TPSA) is 84.9 Å². The van der Waals surface area contributed by atoms with Crippen molar-refractivity contribution in [2.75, 3.05) is 29.9 Å². The standard InChI is InChI=1S/C22H26N2O5S/c1-5-12-24-18-11-10-17(13-20(18)29-15-22(2,3)21(24)25)23-30(26,27)14-16-8-6-7-9-19(16)28-4/h5-11,13,23H,1,12,14-15H2,2-4H3. The summed E-state index contributed by atoms with van der Waals surface area (Å²) in [5.41, 5.74) is 0.779. The van der Waals surface area contributed by atoms with Gasteiger partial charge in [-0.3, -0.25) is 9.52 Å². The highest BCUT2D eigenvalue weighted by molar-refractivity contribution is 7.91. The molecule has 8 heteroatoms. The molecular weight excluding hydrogens is 404 g/mol. The van der Waals surface area contributed by atoms with E-state index in [2.05, 4.69) is 11.3 Å². The number of sulfonamides is 1. The lowest BCUT2D eigenvalue weighted by molar-refractivity contribution is -0.127. The van der Waals surface area contributed by atoms with Gasteiger partial charge in [-0.15, -0.1) is 6.58 Å². The second-order valence-corrected chi connectivity index (χ2v) is 9.45. The van der Waals surface area contributed by atoms with Crippen LogP contribution in [-0.4, -0.2) is 34.6 Å². The third-order valence-corrected chi connectivity index (χ3v) is 6.02. The van der Waals surface area contributed by atoms with Gasteiger partial charge < -0.3 is 14.4 Å². The number of carbonyl (C=O) groups excluding carboxylic acids is 1. The first-order chi connectivity index (χ1) is 14.2. The number of amides is 1. The summed E-state index contributed by atoms with van der Waals surface area (Å²) in [6.07, 6.45) is 1.65. The number of hydrogen-bond donors (Lipinski definition) is 1. The van der Waals surface area contributed by atoms with E-state index >= 15 is 0 Å². The van der Waals surface area contributed by atoms with Crippen LogP contribution < -0.4 is 19.1 Å². The van der Waals surface area contributed by atoms with Gasteiger partial charge in [0, 0.05) is 18.2 Å². The molecule has 1 amide bonds. The Balaban J connectivity index is 1.88. The molecule has 0 spiro atoms. The predicted octanol–water partition coefficient (Wildman–Crippen LogP) is 3.57. The number of para-hydroxylation sites is 1. The van der Waals surface area contributed by atoms with Crippen molar-refractivity contribution in [1.29, 1.82) is 0 Å². The summed E-state index contributed by atoms with van der Waals surface area (Å²) in [7, 11) is -2.20. The van der Waals surface area contributed by atoms with Crippen molar-refractivity contribution in [3.63, 3.8) is 0 Å². The van der Waals surface area contributed by atoms with Gasteiger partial charge in [-0.1, -0.05) is 24.3 Å². The zero-order chi connectivity index (χ0) is 21.9. The van der Waals surface area contributed by atoms with Gasteiger partial charge in [0.25, 0.3) is 0 Å². The van der Waals surface area contributed by atoms with Gasteiger partial charge in [0.2, 0.25) is 15.9 Å². The maximum absolute atomic E-state index is 12.9. The molecule has 0 saturated carbocycles. The average Bonchev–Trinajstić information content (AvgIpc) is 2.78. The van der Waals surface area contributed by atoms with E-state index in [-0.39, 0.29) is 18.3 Å². The molecule has 3 rings (SSSR count). The minimum absolute atomic E-state index is 0.0781. The fraction of sp³-hybridized carbons (Fsp3) is 0.318. The molecule has 1 heterocycles. The quantitative estimate of drug-likeness (QED) is 0.679. The van der Waals surface area contributed by atoms with Crippen LogP contribution in [0.5, 0.6) is 11.5 Å². The molecule has 0 saturated heterocycles. The van der Waals surface area contributed by atoms with Crippen molar-refractivity contribution >= 4 is 27.3 Å². The molecule has 0 aromatic heterocycles. The summed E-state index contributed by atoms with van der Waals surface area (Å²) >= 11 is 0. The van der Waals surface area contributed by atoms with E-state index in [1.165, 1.54) is 7.11 Å². The van der Waals surface area contributed by atoms with E-state index in [1.54, 1.807) is 53.4 Å². The molecule has 1 aliphatic rings. The number of rotatable bonds is 7. The van der Waals surface area contributed by atoms with Crippen LogP contribution in [0.2, 0.25) is 0 Å². The van der Waals surface area contributed by atoms with Crippen LogP contribution in [0.1, 0.15) is 19.4 Å². The predicted molar refractivity (Wildman–Crippen MR) is 118 cm³/mol. The molecule has 0 bridgehead atoms. The normalized spacial score (nSPS) is 15.6. The number of nitrogens with zero attached hydrogens (tertiary/aromatic N) is 1. The number of hydrogen-bond acceptors (Lipinski definition) is 5. The van der Waals surface area contributed by atoms with Crippen LogP contribution in [0.15, 0.2) is 55.1 Å². The van der Waals surface area contributed by atoms with Crippen LogP contribution in [0.25, 0.3) is 0 Å². The lowest BCUT2D eigenvalue weighted by atomic mass is 9.93. The number of carbonyl (C=O) groups is 1. The van der Waals surface area contributed by atoms with Gasteiger partial charge in [-0.05, 0) is 32.0 Å². The molecule has 0 unspecified atom stereocenters. The lowest BCUT2D eigenvalue weighted by Gasteiger charge is -2.27. The van der Waals surface area contributed by atoms with Gasteiger partial charge in [0.1, 0.15) is 18.1 Å². The van der Waals surface area contributed by atoms with Crippen LogP contribution >= 0.6 is 0 Å². The molecule has 30 heavy (non-hydrogen) atoms. The van der Waals surface area contributed by atoms with Crippen molar-refractivity contribution in [2.45, 2.75) is 19.6 Å². The Morgan fingerprint density at radius 1 is 1.27 bits per heavy atom. The molecule has 0 aliphatic carbocycles. The lowest BCUT2D eigenvalue weighted by Crippen LogP contribution is -2.42. The van der Waals surface area contributed by atoms with E-state index in [0.717, 1.165) is 0 Å². The highest BCUT2D eigenvalue weighted by atomic mass is 32.2. The Hall–Kier alpha value is -3.00. The van der Waals surface area contributed by atoms with Crippen LogP contribution in [0.4, 0.5) is 11.4 Å². The van der Waals surface area contributed by atoms with Crippen LogP contribution in [0.3, 0.4) is 0 Å². The van der Waals surface area contributed by atoms with Crippen molar-refractivity contribution < 1.29 is 22.7 Å². The summed E-state index contributed by atoms with van der Waals surface area (Å²) < 4.78 is 39.1. The number of ether oxygens (including phenoxy) is 2. The smallest absolute Gasteiger partial charge is 0.237 e. The second-order valence-electron chi connectivity index (χ2n) is 7.73. The Kier molecular flexibility index (Phi) is 6.07. The first-order valence-electron chi connectivity index (χ1n) is 9.49. The Morgan fingerprint density at radius 3 is 2.70 bits per heavy atom. The molecule has 2 aromatic rings. The van der Waals surface area contributed by atoms with E-state index in [1.807, 2.05) is 13.8 Å². The van der Waals surface area contributed by atoms with Gasteiger partial charge in [-0.25, -0.2) is 8.42 Å². The van der Waals surface area contributed by atoms with Gasteiger partial charge in [0.05, 0.1) is 29.7 Å². The average molecular weight is 431 g/mol. The Bertz CT molecular complexity index is 1060. The first kappa shape index (κ1) is 21.7. The van der Waals surface area contributed by atoms with Crippen LogP contribution in [0, 0.1) is 5.41 Å². The van der Waals surface area contributed by atoms with E-state index in [0.29, 0.717) is 35.0 Å². The maximum atomic E-state index is 12.9. The van der Waals surface area contributed by atoms with Gasteiger partial charge in [-0.2, -0.15) is 0 Å². The van der Waals surface area contributed by atoms with Crippen molar-refractivity contribution in [1.82, 2.24) is 0 Å². The van der Waals surface area contributed by atoms with Crippen molar-refractivity contribution in [3.8, 4) is 11.5 Å². The first-order valence-corrected chi connectivity index (χ1v) is 11.1. The maximum Gasteiger partial charge on any atom is 0.237 e. The van der Waals surface area contributed by atoms with E-state index in [4.69, 9.17) is 9.47 Å².